The summed E-state index contributed by atoms with van der Waals surface area (Å²) in [4.78, 5) is 26.6. The number of H-pyrrole nitrogens is 2. The van der Waals surface area contributed by atoms with E-state index < -0.39 is 5.92 Å². The first-order chi connectivity index (χ1) is 15.7. The number of aromatic amines is 2. The van der Waals surface area contributed by atoms with Gasteiger partial charge in [-0.1, -0.05) is 30.3 Å². The lowest BCUT2D eigenvalue weighted by atomic mass is 9.95. The highest BCUT2D eigenvalue weighted by Gasteiger charge is 2.26. The van der Waals surface area contributed by atoms with Gasteiger partial charge in [-0.15, -0.1) is 0 Å². The topological polar surface area (TPSA) is 108 Å². The first-order valence-corrected chi connectivity index (χ1v) is 10.8. The summed E-state index contributed by atoms with van der Waals surface area (Å²) in [5.74, 6) is -0.264. The van der Waals surface area contributed by atoms with Gasteiger partial charge in [-0.2, -0.15) is 0 Å². The molecule has 0 bridgehead atoms. The van der Waals surface area contributed by atoms with Gasteiger partial charge in [0.05, 0.1) is 34.8 Å². The Labute approximate surface area is 183 Å². The molecule has 3 N–H and O–H groups in total. The van der Waals surface area contributed by atoms with Crippen LogP contribution in [-0.2, 0) is 0 Å². The van der Waals surface area contributed by atoms with Crippen LogP contribution in [-0.4, -0.2) is 42.6 Å². The average molecular weight is 423 g/mol. The van der Waals surface area contributed by atoms with E-state index in [0.717, 1.165) is 33.4 Å². The largest absolute Gasteiger partial charge is 0.395 e. The summed E-state index contributed by atoms with van der Waals surface area (Å²) in [6.45, 7) is -0.293. The standard InChI is InChI=1S/C25H21N5O2/c31-13-18(14-4-2-1-3-5-14)24(32)25-27-21-11-17-20(12-22(21)28-25)29-30-23(17)16-8-9-26-19(10-16)15-6-7-15/h1-5,8-12,15,18,29-31H,6-7,13H2/t18-/m1/s1. The van der Waals surface area contributed by atoms with E-state index in [4.69, 9.17) is 0 Å². The molecule has 1 aliphatic carbocycles. The van der Waals surface area contributed by atoms with Crippen molar-refractivity contribution in [1.82, 2.24) is 25.1 Å². The molecule has 0 amide bonds. The predicted molar refractivity (Wildman–Crippen MR) is 122 cm³/mol. The third-order valence-corrected chi connectivity index (χ3v) is 6.15. The minimum Gasteiger partial charge on any atom is -0.395 e. The molecule has 0 aliphatic heterocycles. The molecule has 7 heteroatoms. The number of aliphatic hydroxyl groups is 1. The molecule has 3 aromatic heterocycles. The molecular weight excluding hydrogens is 402 g/mol. The number of imidazole rings is 1. The monoisotopic (exact) mass is 423 g/mol. The molecule has 0 radical (unpaired) electrons. The van der Waals surface area contributed by atoms with Crippen molar-refractivity contribution >= 4 is 27.7 Å². The molecule has 0 saturated heterocycles. The fourth-order valence-corrected chi connectivity index (χ4v) is 4.24. The molecule has 2 aromatic carbocycles. The molecule has 32 heavy (non-hydrogen) atoms. The minimum atomic E-state index is -0.681. The molecule has 6 rings (SSSR count). The number of pyridine rings is 1. The van der Waals surface area contributed by atoms with Crippen LogP contribution in [0.2, 0.25) is 0 Å². The van der Waals surface area contributed by atoms with Crippen molar-refractivity contribution in [3.63, 3.8) is 0 Å². The molecule has 0 spiro atoms. The SMILES string of the molecule is O=C(c1nc2cc3[nH][nH]c(-c4ccnc(C5CC5)c4)c3cc2n1)[C@H](CO)c1ccccc1. The molecule has 3 heterocycles. The number of hydrogen-bond acceptors (Lipinski definition) is 5. The van der Waals surface area contributed by atoms with E-state index in [1.54, 1.807) is 0 Å². The van der Waals surface area contributed by atoms with Gasteiger partial charge in [0.25, 0.3) is 0 Å². The zero-order valence-electron chi connectivity index (χ0n) is 17.2. The smallest absolute Gasteiger partial charge is 0.209 e. The van der Waals surface area contributed by atoms with Crippen molar-refractivity contribution in [2.75, 3.05) is 6.61 Å². The zero-order valence-corrected chi connectivity index (χ0v) is 17.2. The molecular formula is C25H21N5O2. The predicted octanol–water partition coefficient (Wildman–Crippen LogP) is 4.34. The Bertz CT molecular complexity index is 1450. The number of benzene rings is 2. The summed E-state index contributed by atoms with van der Waals surface area (Å²) in [6, 6.07) is 17.2. The van der Waals surface area contributed by atoms with Gasteiger partial charge in [0.2, 0.25) is 5.78 Å². The first kappa shape index (κ1) is 18.9. The van der Waals surface area contributed by atoms with Crippen LogP contribution in [0.25, 0.3) is 33.2 Å². The van der Waals surface area contributed by atoms with Crippen LogP contribution in [0.15, 0.2) is 60.8 Å². The third kappa shape index (κ3) is 3.18. The Morgan fingerprint density at radius 3 is 2.56 bits per heavy atom. The number of Topliss-reactive ketones (excluding diaryl/α,β-unsaturated/α-hetero) is 1. The number of fused-ring (bicyclic) bond motifs is 2. The Morgan fingerprint density at radius 2 is 1.81 bits per heavy atom. The summed E-state index contributed by atoms with van der Waals surface area (Å²) >= 11 is 0. The highest BCUT2D eigenvalue weighted by Crippen LogP contribution is 2.40. The number of rotatable bonds is 6. The van der Waals surface area contributed by atoms with Crippen LogP contribution < -0.4 is 0 Å². The number of carbonyl (C=O) groups excluding carboxylic acids is 1. The van der Waals surface area contributed by atoms with E-state index in [1.165, 1.54) is 12.8 Å². The van der Waals surface area contributed by atoms with Crippen molar-refractivity contribution in [1.29, 1.82) is 0 Å². The summed E-state index contributed by atoms with van der Waals surface area (Å²) in [6.07, 6.45) is 4.25. The summed E-state index contributed by atoms with van der Waals surface area (Å²) in [7, 11) is 0. The summed E-state index contributed by atoms with van der Waals surface area (Å²) in [5.41, 5.74) is 6.08. The van der Waals surface area contributed by atoms with E-state index in [-0.39, 0.29) is 18.2 Å². The fraction of sp³-hybridized carbons (Fsp3) is 0.200. The fourth-order valence-electron chi connectivity index (χ4n) is 4.24. The Kier molecular flexibility index (Phi) is 4.36. The molecule has 1 saturated carbocycles. The maximum atomic E-state index is 13.1. The molecule has 1 fully saturated rings. The lowest BCUT2D eigenvalue weighted by Gasteiger charge is -2.11. The molecule has 1 aliphatic rings. The van der Waals surface area contributed by atoms with Gasteiger partial charge in [-0.05, 0) is 42.7 Å². The Morgan fingerprint density at radius 1 is 1.03 bits per heavy atom. The van der Waals surface area contributed by atoms with Crippen LogP contribution in [0.3, 0.4) is 0 Å². The average Bonchev–Trinajstić information content (AvgIpc) is 3.48. The molecule has 7 nitrogen and oxygen atoms in total. The molecule has 158 valence electrons. The maximum absolute atomic E-state index is 13.1. The highest BCUT2D eigenvalue weighted by atomic mass is 16.3. The van der Waals surface area contributed by atoms with E-state index >= 15 is 0 Å². The maximum Gasteiger partial charge on any atom is 0.209 e. The van der Waals surface area contributed by atoms with E-state index in [9.17, 15) is 9.90 Å². The second kappa shape index (κ2) is 7.39. The van der Waals surface area contributed by atoms with Gasteiger partial charge in [0.15, 0.2) is 5.82 Å². The zero-order chi connectivity index (χ0) is 21.7. The summed E-state index contributed by atoms with van der Waals surface area (Å²) < 4.78 is 0. The van der Waals surface area contributed by atoms with Crippen LogP contribution in [0, 0.1) is 0 Å². The van der Waals surface area contributed by atoms with Crippen LogP contribution in [0.1, 0.15) is 46.6 Å². The number of ketones is 1. The normalized spacial score (nSPS) is 14.8. The van der Waals surface area contributed by atoms with Crippen molar-refractivity contribution in [2.45, 2.75) is 24.7 Å². The van der Waals surface area contributed by atoms with E-state index in [1.807, 2.05) is 54.7 Å². The van der Waals surface area contributed by atoms with Gasteiger partial charge < -0.3 is 10.2 Å². The van der Waals surface area contributed by atoms with Crippen LogP contribution in [0.5, 0.6) is 0 Å². The third-order valence-electron chi connectivity index (χ3n) is 6.15. The Hall–Kier alpha value is -3.84. The number of nitrogens with one attached hydrogen (secondary N) is 2. The van der Waals surface area contributed by atoms with Gasteiger partial charge >= 0.3 is 0 Å². The van der Waals surface area contributed by atoms with Gasteiger partial charge in [-0.3, -0.25) is 14.9 Å². The second-order valence-electron chi connectivity index (χ2n) is 8.31. The van der Waals surface area contributed by atoms with Crippen molar-refractivity contribution in [2.24, 2.45) is 0 Å². The highest BCUT2D eigenvalue weighted by molar-refractivity contribution is 6.04. The van der Waals surface area contributed by atoms with E-state index in [0.29, 0.717) is 17.0 Å². The van der Waals surface area contributed by atoms with Gasteiger partial charge in [-0.25, -0.2) is 9.97 Å². The number of aromatic nitrogens is 5. The van der Waals surface area contributed by atoms with E-state index in [2.05, 4.69) is 31.2 Å². The van der Waals surface area contributed by atoms with Crippen molar-refractivity contribution < 1.29 is 9.90 Å². The molecule has 0 unspecified atom stereocenters. The van der Waals surface area contributed by atoms with Gasteiger partial charge in [0, 0.05) is 28.8 Å². The quantitative estimate of drug-likeness (QED) is 0.352. The second-order valence-corrected chi connectivity index (χ2v) is 8.31. The first-order valence-electron chi connectivity index (χ1n) is 10.8. The van der Waals surface area contributed by atoms with Crippen molar-refractivity contribution in [3.05, 3.63) is 77.9 Å². The number of aliphatic hydroxyl groups excluding tert-OH is 1. The minimum absolute atomic E-state index is 0.126. The van der Waals surface area contributed by atoms with Crippen molar-refractivity contribution in [3.8, 4) is 11.3 Å². The molecule has 5 aromatic rings. The van der Waals surface area contributed by atoms with Crippen LogP contribution in [0.4, 0.5) is 0 Å². The molecule has 1 atom stereocenters. The lowest BCUT2D eigenvalue weighted by molar-refractivity contribution is 0.0913. The number of carbonyl (C=O) groups is 1. The number of hydrogen-bond donors (Lipinski definition) is 3. The van der Waals surface area contributed by atoms with Gasteiger partial charge in [0.1, 0.15) is 0 Å². The Balaban J connectivity index is 1.40. The van der Waals surface area contributed by atoms with Crippen LogP contribution >= 0.6 is 0 Å². The number of nitrogens with zero attached hydrogens (tertiary/aromatic N) is 3. The lowest BCUT2D eigenvalue weighted by Crippen LogP contribution is -2.18. The summed E-state index contributed by atoms with van der Waals surface area (Å²) in [5, 5.41) is 17.3.